The smallest absolute Gasteiger partial charge is 0.377 e. The molecule has 0 saturated carbocycles. The van der Waals surface area contributed by atoms with E-state index in [0.717, 1.165) is 42.7 Å². The number of fused-ring (bicyclic) bond motifs is 1. The van der Waals surface area contributed by atoms with Crippen molar-refractivity contribution in [2.45, 2.75) is 46.6 Å². The highest BCUT2D eigenvalue weighted by Gasteiger charge is 2.27. The molecule has 2 aromatic heterocycles. The summed E-state index contributed by atoms with van der Waals surface area (Å²) in [4.78, 5) is 30.7. The first-order valence-corrected chi connectivity index (χ1v) is 11.9. The number of rotatable bonds is 5. The summed E-state index contributed by atoms with van der Waals surface area (Å²) in [6, 6.07) is 12.8. The Bertz CT molecular complexity index is 1490. The van der Waals surface area contributed by atoms with Gasteiger partial charge in [-0.2, -0.15) is 10.1 Å². The average Bonchev–Trinajstić information content (AvgIpc) is 3.25. The number of para-hydroxylation sites is 1. The molecule has 2 N–H and O–H groups in total. The van der Waals surface area contributed by atoms with Gasteiger partial charge in [-0.05, 0) is 55.9 Å². The first kappa shape index (κ1) is 23.0. The predicted molar refractivity (Wildman–Crippen MR) is 137 cm³/mol. The van der Waals surface area contributed by atoms with Gasteiger partial charge in [0.15, 0.2) is 11.3 Å². The molecule has 1 unspecified atom stereocenters. The molecular weight excluding hydrogens is 444 g/mol. The van der Waals surface area contributed by atoms with Gasteiger partial charge < -0.3 is 19.2 Å². The molecule has 4 aromatic rings. The van der Waals surface area contributed by atoms with Gasteiger partial charge in [0, 0.05) is 30.4 Å². The molecule has 1 aliphatic heterocycles. The summed E-state index contributed by atoms with van der Waals surface area (Å²) in [7, 11) is 0. The molecule has 0 spiro atoms. The summed E-state index contributed by atoms with van der Waals surface area (Å²) < 4.78 is 11.6. The van der Waals surface area contributed by atoms with E-state index >= 15 is 0 Å². The van der Waals surface area contributed by atoms with E-state index in [2.05, 4.69) is 34.2 Å². The van der Waals surface area contributed by atoms with Crippen LogP contribution < -0.4 is 21.3 Å². The van der Waals surface area contributed by atoms with Crippen LogP contribution in [0.5, 0.6) is 0 Å². The molecule has 8 heteroatoms. The largest absolute Gasteiger partial charge is 0.440 e. The molecule has 182 valence electrons. The molecule has 0 amide bonds. The minimum absolute atomic E-state index is 0.0399. The topological polar surface area (TPSA) is 104 Å². The Morgan fingerprint density at radius 1 is 1.11 bits per heavy atom. The van der Waals surface area contributed by atoms with Gasteiger partial charge in [-0.3, -0.25) is 4.79 Å². The zero-order chi connectivity index (χ0) is 24.7. The number of benzene rings is 2. The second kappa shape index (κ2) is 8.76. The second-order valence-corrected chi connectivity index (χ2v) is 10.2. The summed E-state index contributed by atoms with van der Waals surface area (Å²) in [5.74, 6) is 0.829. The summed E-state index contributed by atoms with van der Waals surface area (Å²) in [6.45, 7) is 10.3. The molecular formula is C27H30N4O4. The second-order valence-electron chi connectivity index (χ2n) is 10.2. The SMILES string of the molecule is Cc1cc(C(C)Nc2ccccc2-c2nc(=O)[nH]o2)c2oc(N3CCC(C)(C)CC3)cc(=O)c2c1. The number of anilines is 2. The standard InChI is InChI=1S/C27H30N4O4/c1-16-13-19(17(2)28-21-8-6-5-7-18(21)25-29-26(33)30-35-25)24-20(14-16)22(32)15-23(34-24)31-11-9-27(3,4)10-12-31/h5-8,13-15,17,28H,9-12H2,1-4H3,(H,30,33). The van der Waals surface area contributed by atoms with Crippen molar-refractivity contribution in [3.8, 4) is 11.5 Å². The van der Waals surface area contributed by atoms with E-state index in [9.17, 15) is 9.59 Å². The zero-order valence-electron chi connectivity index (χ0n) is 20.5. The van der Waals surface area contributed by atoms with Crippen LogP contribution in [0.15, 0.2) is 61.0 Å². The molecule has 1 saturated heterocycles. The van der Waals surface area contributed by atoms with Crippen LogP contribution in [-0.2, 0) is 0 Å². The van der Waals surface area contributed by atoms with Crippen LogP contribution in [0.2, 0.25) is 0 Å². The number of piperidine rings is 1. The highest BCUT2D eigenvalue weighted by Crippen LogP contribution is 2.35. The number of hydrogen-bond donors (Lipinski definition) is 2. The van der Waals surface area contributed by atoms with Crippen molar-refractivity contribution in [2.24, 2.45) is 5.41 Å². The van der Waals surface area contributed by atoms with Crippen molar-refractivity contribution in [1.29, 1.82) is 0 Å². The Labute approximate surface area is 202 Å². The lowest BCUT2D eigenvalue weighted by atomic mass is 9.83. The lowest BCUT2D eigenvalue weighted by Gasteiger charge is -2.37. The molecule has 1 aliphatic rings. The van der Waals surface area contributed by atoms with E-state index in [1.165, 1.54) is 0 Å². The van der Waals surface area contributed by atoms with Gasteiger partial charge in [0.1, 0.15) is 5.58 Å². The van der Waals surface area contributed by atoms with Crippen molar-refractivity contribution in [1.82, 2.24) is 10.1 Å². The van der Waals surface area contributed by atoms with Crippen LogP contribution in [0.4, 0.5) is 11.6 Å². The van der Waals surface area contributed by atoms with Crippen molar-refractivity contribution >= 4 is 22.5 Å². The fourth-order valence-electron chi connectivity index (χ4n) is 4.68. The molecule has 0 bridgehead atoms. The van der Waals surface area contributed by atoms with Crippen LogP contribution in [0.3, 0.4) is 0 Å². The summed E-state index contributed by atoms with van der Waals surface area (Å²) in [6.07, 6.45) is 2.10. The van der Waals surface area contributed by atoms with Gasteiger partial charge in [-0.25, -0.2) is 4.79 Å². The van der Waals surface area contributed by atoms with Crippen LogP contribution in [0.1, 0.15) is 50.8 Å². The van der Waals surface area contributed by atoms with Crippen molar-refractivity contribution in [3.63, 3.8) is 0 Å². The summed E-state index contributed by atoms with van der Waals surface area (Å²) >= 11 is 0. The first-order valence-electron chi connectivity index (χ1n) is 11.9. The Morgan fingerprint density at radius 3 is 2.57 bits per heavy atom. The molecule has 35 heavy (non-hydrogen) atoms. The fraction of sp³-hybridized carbons (Fsp3) is 0.370. The van der Waals surface area contributed by atoms with Crippen molar-refractivity contribution < 1.29 is 8.94 Å². The third kappa shape index (κ3) is 4.60. The molecule has 3 heterocycles. The van der Waals surface area contributed by atoms with Crippen LogP contribution in [-0.4, -0.2) is 23.2 Å². The number of aromatic amines is 1. The lowest BCUT2D eigenvalue weighted by Crippen LogP contribution is -2.37. The maximum atomic E-state index is 13.1. The quantitative estimate of drug-likeness (QED) is 0.407. The maximum Gasteiger partial charge on any atom is 0.377 e. The highest BCUT2D eigenvalue weighted by atomic mass is 16.5. The number of hydrogen-bond acceptors (Lipinski definition) is 7. The minimum Gasteiger partial charge on any atom is -0.440 e. The van der Waals surface area contributed by atoms with E-state index in [1.807, 2.05) is 50.2 Å². The number of aromatic nitrogens is 2. The summed E-state index contributed by atoms with van der Waals surface area (Å²) in [5, 5.41) is 6.30. The van der Waals surface area contributed by atoms with E-state index in [0.29, 0.717) is 27.8 Å². The number of H-pyrrole nitrogens is 1. The van der Waals surface area contributed by atoms with E-state index in [1.54, 1.807) is 6.07 Å². The molecule has 2 aromatic carbocycles. The van der Waals surface area contributed by atoms with E-state index in [4.69, 9.17) is 8.94 Å². The normalized spacial score (nSPS) is 16.4. The van der Waals surface area contributed by atoms with Crippen LogP contribution in [0, 0.1) is 12.3 Å². The minimum atomic E-state index is -0.539. The van der Waals surface area contributed by atoms with E-state index in [-0.39, 0.29) is 17.4 Å². The van der Waals surface area contributed by atoms with Crippen LogP contribution >= 0.6 is 0 Å². The molecule has 1 atom stereocenters. The zero-order valence-corrected chi connectivity index (χ0v) is 20.5. The number of aryl methyl sites for hydroxylation is 1. The maximum absolute atomic E-state index is 13.1. The molecule has 8 nitrogen and oxygen atoms in total. The first-order chi connectivity index (χ1) is 16.7. The Hall–Kier alpha value is -3.81. The third-order valence-electron chi connectivity index (χ3n) is 6.85. The summed E-state index contributed by atoms with van der Waals surface area (Å²) in [5.41, 5.74) is 3.59. The third-order valence-corrected chi connectivity index (χ3v) is 6.85. The Balaban J connectivity index is 1.53. The van der Waals surface area contributed by atoms with Crippen molar-refractivity contribution in [3.05, 3.63) is 74.3 Å². The molecule has 0 radical (unpaired) electrons. The van der Waals surface area contributed by atoms with Crippen molar-refractivity contribution in [2.75, 3.05) is 23.3 Å². The van der Waals surface area contributed by atoms with Gasteiger partial charge in [0.05, 0.1) is 17.0 Å². The molecule has 5 rings (SSSR count). The monoisotopic (exact) mass is 474 g/mol. The van der Waals surface area contributed by atoms with Gasteiger partial charge in [0.2, 0.25) is 0 Å². The van der Waals surface area contributed by atoms with Gasteiger partial charge >= 0.3 is 5.69 Å². The average molecular weight is 475 g/mol. The van der Waals surface area contributed by atoms with Crippen LogP contribution in [0.25, 0.3) is 22.4 Å². The molecule has 1 fully saturated rings. The Morgan fingerprint density at radius 2 is 1.86 bits per heavy atom. The van der Waals surface area contributed by atoms with Gasteiger partial charge in [0.25, 0.3) is 5.89 Å². The van der Waals surface area contributed by atoms with Gasteiger partial charge in [-0.15, -0.1) is 0 Å². The lowest BCUT2D eigenvalue weighted by molar-refractivity contribution is 0.274. The fourth-order valence-corrected chi connectivity index (χ4v) is 4.68. The molecule has 0 aliphatic carbocycles. The highest BCUT2D eigenvalue weighted by molar-refractivity contribution is 5.83. The predicted octanol–water partition coefficient (Wildman–Crippen LogP) is 5.24. The van der Waals surface area contributed by atoms with Gasteiger partial charge in [-0.1, -0.05) is 32.0 Å². The number of nitrogens with zero attached hydrogens (tertiary/aromatic N) is 2. The Kier molecular flexibility index (Phi) is 5.75. The number of nitrogens with one attached hydrogen (secondary N) is 2. The van der Waals surface area contributed by atoms with E-state index < -0.39 is 5.69 Å².